The summed E-state index contributed by atoms with van der Waals surface area (Å²) in [5.74, 6) is 0. The van der Waals surface area contributed by atoms with E-state index < -0.39 is 5.60 Å². The summed E-state index contributed by atoms with van der Waals surface area (Å²) in [6.45, 7) is 2.09. The van der Waals surface area contributed by atoms with E-state index in [0.29, 0.717) is 19.3 Å². The fraction of sp³-hybridized carbons (Fsp3) is 1.00. The van der Waals surface area contributed by atoms with Crippen molar-refractivity contribution in [2.45, 2.75) is 62.6 Å². The molecule has 0 aromatic heterocycles. The van der Waals surface area contributed by atoms with Crippen LogP contribution in [0.1, 0.15) is 44.9 Å². The molecule has 1 aliphatic carbocycles. The van der Waals surface area contributed by atoms with E-state index in [4.69, 9.17) is 10.5 Å². The number of nitrogens with two attached hydrogens (primary N) is 1. The van der Waals surface area contributed by atoms with Crippen LogP contribution in [0.2, 0.25) is 0 Å². The average Bonchev–Trinajstić information content (AvgIpc) is 2.54. The molecule has 0 aromatic rings. The number of ether oxygens (including phenoxy) is 1. The van der Waals surface area contributed by atoms with E-state index in [1.807, 2.05) is 0 Å². The van der Waals surface area contributed by atoms with Crippen LogP contribution in [-0.2, 0) is 4.74 Å². The minimum absolute atomic E-state index is 0.265. The van der Waals surface area contributed by atoms with Crippen molar-refractivity contribution < 1.29 is 9.84 Å². The third-order valence-corrected chi connectivity index (χ3v) is 4.56. The van der Waals surface area contributed by atoms with Gasteiger partial charge < -0.3 is 15.6 Å². The van der Waals surface area contributed by atoms with E-state index in [1.165, 1.54) is 25.7 Å². The Kier molecular flexibility index (Phi) is 5.01. The highest BCUT2D eigenvalue weighted by Gasteiger charge is 2.34. The topological polar surface area (TPSA) is 58.7 Å². The minimum Gasteiger partial charge on any atom is -0.388 e. The lowest BCUT2D eigenvalue weighted by molar-refractivity contribution is -0.0826. The number of hydrogen-bond donors (Lipinski definition) is 2. The number of hydrogen-bond acceptors (Lipinski definition) is 4. The summed E-state index contributed by atoms with van der Waals surface area (Å²) in [7, 11) is 2.11. The smallest absolute Gasteiger partial charge is 0.0817 e. The Morgan fingerprint density at radius 3 is 2.61 bits per heavy atom. The van der Waals surface area contributed by atoms with Crippen LogP contribution < -0.4 is 5.73 Å². The fourth-order valence-electron chi connectivity index (χ4n) is 3.35. The molecule has 1 aliphatic heterocycles. The van der Waals surface area contributed by atoms with Crippen molar-refractivity contribution in [2.24, 2.45) is 5.73 Å². The second-order valence-electron chi connectivity index (χ2n) is 6.12. The lowest BCUT2D eigenvalue weighted by Crippen LogP contribution is -2.53. The molecule has 1 saturated carbocycles. The molecule has 4 nitrogen and oxygen atoms in total. The standard InChI is InChI=1S/C14H28N2O2/c1-16(11-14(17)7-9-18-10-8-14)13-6-4-2-3-5-12(13)15/h12-13,17H,2-11,15H2,1H3. The van der Waals surface area contributed by atoms with Gasteiger partial charge >= 0.3 is 0 Å². The number of likely N-dealkylation sites (N-methyl/N-ethyl adjacent to an activating group) is 1. The van der Waals surface area contributed by atoms with Crippen molar-refractivity contribution in [2.75, 3.05) is 26.8 Å². The maximum absolute atomic E-state index is 10.6. The van der Waals surface area contributed by atoms with Crippen molar-refractivity contribution in [3.05, 3.63) is 0 Å². The van der Waals surface area contributed by atoms with Crippen LogP contribution in [0.5, 0.6) is 0 Å². The Bertz CT molecular complexity index is 254. The van der Waals surface area contributed by atoms with Crippen LogP contribution >= 0.6 is 0 Å². The largest absolute Gasteiger partial charge is 0.388 e. The first-order valence-electron chi connectivity index (χ1n) is 7.37. The van der Waals surface area contributed by atoms with Gasteiger partial charge in [0.05, 0.1) is 5.60 Å². The summed E-state index contributed by atoms with van der Waals surface area (Å²) < 4.78 is 5.33. The van der Waals surface area contributed by atoms with Crippen LogP contribution in [-0.4, -0.2) is 54.5 Å². The highest BCUT2D eigenvalue weighted by Crippen LogP contribution is 2.25. The summed E-state index contributed by atoms with van der Waals surface area (Å²) in [6.07, 6.45) is 7.61. The quantitative estimate of drug-likeness (QED) is 0.743. The average molecular weight is 256 g/mol. The van der Waals surface area contributed by atoms with E-state index in [0.717, 1.165) is 25.8 Å². The van der Waals surface area contributed by atoms with Gasteiger partial charge in [0.1, 0.15) is 0 Å². The van der Waals surface area contributed by atoms with Crippen molar-refractivity contribution in [1.82, 2.24) is 4.90 Å². The molecule has 18 heavy (non-hydrogen) atoms. The summed E-state index contributed by atoms with van der Waals surface area (Å²) >= 11 is 0. The Labute approximate surface area is 110 Å². The van der Waals surface area contributed by atoms with Crippen molar-refractivity contribution in [1.29, 1.82) is 0 Å². The van der Waals surface area contributed by atoms with Crippen molar-refractivity contribution in [3.63, 3.8) is 0 Å². The SMILES string of the molecule is CN(CC1(O)CCOCC1)C1CCCCCC1N. The number of nitrogens with zero attached hydrogens (tertiary/aromatic N) is 1. The van der Waals surface area contributed by atoms with E-state index in [-0.39, 0.29) is 6.04 Å². The second kappa shape index (κ2) is 6.33. The zero-order chi connectivity index (χ0) is 13.0. The van der Waals surface area contributed by atoms with E-state index in [2.05, 4.69) is 11.9 Å². The molecule has 4 heteroatoms. The molecule has 2 rings (SSSR count). The zero-order valence-electron chi connectivity index (χ0n) is 11.6. The first-order valence-corrected chi connectivity index (χ1v) is 7.37. The summed E-state index contributed by atoms with van der Waals surface area (Å²) in [5, 5.41) is 10.6. The first-order chi connectivity index (χ1) is 8.61. The van der Waals surface area contributed by atoms with Gasteiger partial charge in [-0.1, -0.05) is 19.3 Å². The van der Waals surface area contributed by atoms with E-state index in [9.17, 15) is 5.11 Å². The third-order valence-electron chi connectivity index (χ3n) is 4.56. The van der Waals surface area contributed by atoms with Gasteiger partial charge in [0.25, 0.3) is 0 Å². The number of aliphatic hydroxyl groups is 1. The Morgan fingerprint density at radius 2 is 1.89 bits per heavy atom. The molecular formula is C14H28N2O2. The Balaban J connectivity index is 1.90. The number of rotatable bonds is 3. The van der Waals surface area contributed by atoms with Gasteiger partial charge in [0.15, 0.2) is 0 Å². The molecule has 0 bridgehead atoms. The highest BCUT2D eigenvalue weighted by molar-refractivity contribution is 4.89. The molecule has 0 amide bonds. The van der Waals surface area contributed by atoms with E-state index in [1.54, 1.807) is 0 Å². The van der Waals surface area contributed by atoms with Crippen molar-refractivity contribution >= 4 is 0 Å². The van der Waals surface area contributed by atoms with Crippen LogP contribution in [0, 0.1) is 0 Å². The van der Waals surface area contributed by atoms with Crippen molar-refractivity contribution in [3.8, 4) is 0 Å². The molecule has 1 saturated heterocycles. The van der Waals surface area contributed by atoms with Gasteiger partial charge in [0.2, 0.25) is 0 Å². The van der Waals surface area contributed by atoms with E-state index >= 15 is 0 Å². The lowest BCUT2D eigenvalue weighted by atomic mass is 9.92. The van der Waals surface area contributed by atoms with Gasteiger partial charge in [-0.05, 0) is 19.9 Å². The third kappa shape index (κ3) is 3.67. The monoisotopic (exact) mass is 256 g/mol. The molecule has 0 aromatic carbocycles. The molecular weight excluding hydrogens is 228 g/mol. The highest BCUT2D eigenvalue weighted by atomic mass is 16.5. The van der Waals surface area contributed by atoms with Gasteiger partial charge in [-0.3, -0.25) is 4.90 Å². The van der Waals surface area contributed by atoms with Gasteiger partial charge in [0, 0.05) is 44.7 Å². The van der Waals surface area contributed by atoms with Crippen LogP contribution in [0.3, 0.4) is 0 Å². The molecule has 2 atom stereocenters. The lowest BCUT2D eigenvalue weighted by Gasteiger charge is -2.40. The summed E-state index contributed by atoms with van der Waals surface area (Å²) in [4.78, 5) is 2.29. The van der Waals surface area contributed by atoms with Gasteiger partial charge in [-0.2, -0.15) is 0 Å². The molecule has 106 valence electrons. The van der Waals surface area contributed by atoms with Gasteiger partial charge in [-0.25, -0.2) is 0 Å². The molecule has 2 aliphatic rings. The van der Waals surface area contributed by atoms with Crippen LogP contribution in [0.4, 0.5) is 0 Å². The maximum atomic E-state index is 10.6. The Hall–Kier alpha value is -0.160. The first kappa shape index (κ1) is 14.3. The summed E-state index contributed by atoms with van der Waals surface area (Å²) in [6, 6.07) is 0.695. The second-order valence-corrected chi connectivity index (χ2v) is 6.12. The van der Waals surface area contributed by atoms with Crippen LogP contribution in [0.25, 0.3) is 0 Å². The van der Waals surface area contributed by atoms with Gasteiger partial charge in [-0.15, -0.1) is 0 Å². The molecule has 2 fully saturated rings. The Morgan fingerprint density at radius 1 is 1.22 bits per heavy atom. The zero-order valence-corrected chi connectivity index (χ0v) is 11.6. The van der Waals surface area contributed by atoms with Crippen LogP contribution in [0.15, 0.2) is 0 Å². The minimum atomic E-state index is -0.570. The summed E-state index contributed by atoms with van der Waals surface area (Å²) in [5.41, 5.74) is 5.71. The predicted octanol–water partition coefficient (Wildman–Crippen LogP) is 1.12. The fourth-order valence-corrected chi connectivity index (χ4v) is 3.35. The molecule has 1 heterocycles. The predicted molar refractivity (Wildman–Crippen MR) is 72.5 cm³/mol. The molecule has 3 N–H and O–H groups in total. The normalized spacial score (nSPS) is 33.3. The molecule has 0 radical (unpaired) electrons. The molecule has 0 spiro atoms. The maximum Gasteiger partial charge on any atom is 0.0817 e. The molecule has 2 unspecified atom stereocenters.